The maximum Gasteiger partial charge on any atom is 0.340 e. The number of methoxy groups -OCH3 is 2. The van der Waals surface area contributed by atoms with E-state index >= 15 is 0 Å². The van der Waals surface area contributed by atoms with Crippen LogP contribution in [0.2, 0.25) is 0 Å². The van der Waals surface area contributed by atoms with Crippen molar-refractivity contribution in [2.75, 3.05) is 14.2 Å². The molecule has 94 valence electrons. The number of esters is 2. The molecule has 0 aliphatic heterocycles. The summed E-state index contributed by atoms with van der Waals surface area (Å²) in [7, 11) is 2.49. The number of carbonyl (C=O) groups is 2. The maximum absolute atomic E-state index is 11.6. The van der Waals surface area contributed by atoms with Gasteiger partial charge in [0.2, 0.25) is 0 Å². The number of nitrogens with zero attached hydrogens (tertiary/aromatic N) is 1. The predicted octanol–water partition coefficient (Wildman–Crippen LogP) is 1.45. The van der Waals surface area contributed by atoms with Crippen molar-refractivity contribution in [3.63, 3.8) is 0 Å². The van der Waals surface area contributed by atoms with Crippen LogP contribution in [0.15, 0.2) is 24.4 Å². The van der Waals surface area contributed by atoms with Gasteiger partial charge in [0, 0.05) is 5.39 Å². The molecule has 2 rings (SSSR count). The van der Waals surface area contributed by atoms with Crippen molar-refractivity contribution < 1.29 is 24.3 Å². The Hall–Kier alpha value is -2.50. The number of ether oxygens (including phenoxy) is 2. The molecule has 1 aromatic carbocycles. The molecule has 0 radical (unpaired) electrons. The number of hydrogen-bond donors (Lipinski definition) is 1. The van der Waals surface area contributed by atoms with Gasteiger partial charge in [0.25, 0.3) is 0 Å². The van der Waals surface area contributed by atoms with Crippen LogP contribution in [-0.4, -0.2) is 36.1 Å². The van der Waals surface area contributed by atoms with Crippen LogP contribution >= 0.6 is 0 Å². The quantitative estimate of drug-likeness (QED) is 0.643. The lowest BCUT2D eigenvalue weighted by atomic mass is 10.1. The second-order valence-corrected chi connectivity index (χ2v) is 3.57. The van der Waals surface area contributed by atoms with Gasteiger partial charge in [-0.05, 0) is 6.07 Å². The third kappa shape index (κ3) is 1.67. The summed E-state index contributed by atoms with van der Waals surface area (Å²) in [5.41, 5.74) is 0.568. The van der Waals surface area contributed by atoms with Gasteiger partial charge in [-0.25, -0.2) is 9.59 Å². The zero-order valence-corrected chi connectivity index (χ0v) is 9.84. The summed E-state index contributed by atoms with van der Waals surface area (Å²) in [6, 6.07) is 4.71. The van der Waals surface area contributed by atoms with Crippen LogP contribution in [0.1, 0.15) is 20.7 Å². The molecule has 0 bridgehead atoms. The fraction of sp³-hybridized carbons (Fsp3) is 0.167. The molecule has 6 nitrogen and oxygen atoms in total. The van der Waals surface area contributed by atoms with Crippen LogP contribution < -0.4 is 0 Å². The van der Waals surface area contributed by atoms with E-state index in [0.29, 0.717) is 10.1 Å². The summed E-state index contributed by atoms with van der Waals surface area (Å²) in [5, 5.41) is 10.2. The van der Waals surface area contributed by atoms with Gasteiger partial charge in [-0.1, -0.05) is 12.1 Å². The zero-order chi connectivity index (χ0) is 13.3. The first-order valence-electron chi connectivity index (χ1n) is 5.10. The standard InChI is InChI=1S/C12H11NO5/c1-17-11(14)8-5-3-4-7-9(12(15)18-2)6-13(16)10(7)8/h3-6,16H,1-2H3. The van der Waals surface area contributed by atoms with Gasteiger partial charge >= 0.3 is 11.9 Å². The molecule has 18 heavy (non-hydrogen) atoms. The second kappa shape index (κ2) is 4.40. The molecule has 0 atom stereocenters. The molecule has 1 heterocycles. The lowest BCUT2D eigenvalue weighted by molar-refractivity contribution is 0.0593. The first-order valence-corrected chi connectivity index (χ1v) is 5.10. The number of fused-ring (bicyclic) bond motifs is 1. The molecule has 0 saturated heterocycles. The number of hydrogen-bond acceptors (Lipinski definition) is 5. The second-order valence-electron chi connectivity index (χ2n) is 3.57. The van der Waals surface area contributed by atoms with Gasteiger partial charge in [0.15, 0.2) is 0 Å². The molecule has 0 spiro atoms. The van der Waals surface area contributed by atoms with E-state index in [4.69, 9.17) is 0 Å². The Labute approximate surface area is 102 Å². The Bertz CT molecular complexity index is 629. The third-order valence-electron chi connectivity index (χ3n) is 2.62. The zero-order valence-electron chi connectivity index (χ0n) is 9.84. The molecule has 0 unspecified atom stereocenters. The molecule has 0 saturated carbocycles. The average Bonchev–Trinajstić information content (AvgIpc) is 2.74. The number of aromatic nitrogens is 1. The highest BCUT2D eigenvalue weighted by Gasteiger charge is 2.20. The Balaban J connectivity index is 2.75. The molecule has 0 aliphatic carbocycles. The molecule has 1 N–H and O–H groups in total. The summed E-state index contributed by atoms with van der Waals surface area (Å²) < 4.78 is 9.94. The molecule has 0 fully saturated rings. The van der Waals surface area contributed by atoms with E-state index in [-0.39, 0.29) is 16.6 Å². The fourth-order valence-electron chi connectivity index (χ4n) is 1.81. The van der Waals surface area contributed by atoms with Crippen molar-refractivity contribution in [1.82, 2.24) is 4.73 Å². The summed E-state index contributed by atoms with van der Waals surface area (Å²) >= 11 is 0. The highest BCUT2D eigenvalue weighted by atomic mass is 16.5. The monoisotopic (exact) mass is 249 g/mol. The lowest BCUT2D eigenvalue weighted by Crippen LogP contribution is -2.04. The first kappa shape index (κ1) is 12.0. The van der Waals surface area contributed by atoms with Gasteiger partial charge < -0.3 is 14.7 Å². The average molecular weight is 249 g/mol. The van der Waals surface area contributed by atoms with Gasteiger partial charge in [0.05, 0.1) is 31.5 Å². The van der Waals surface area contributed by atoms with Crippen molar-refractivity contribution in [2.24, 2.45) is 0 Å². The lowest BCUT2D eigenvalue weighted by Gasteiger charge is -2.02. The summed E-state index contributed by atoms with van der Waals surface area (Å²) in [4.78, 5) is 23.1. The van der Waals surface area contributed by atoms with Crippen molar-refractivity contribution >= 4 is 22.8 Å². The van der Waals surface area contributed by atoms with Gasteiger partial charge in [-0.3, -0.25) is 0 Å². The normalized spacial score (nSPS) is 10.3. The van der Waals surface area contributed by atoms with E-state index in [9.17, 15) is 14.8 Å². The largest absolute Gasteiger partial charge is 0.465 e. The van der Waals surface area contributed by atoms with Crippen molar-refractivity contribution in [1.29, 1.82) is 0 Å². The Morgan fingerprint density at radius 3 is 2.33 bits per heavy atom. The fourth-order valence-corrected chi connectivity index (χ4v) is 1.81. The summed E-state index contributed by atoms with van der Waals surface area (Å²) in [6.07, 6.45) is 1.20. The summed E-state index contributed by atoms with van der Waals surface area (Å²) in [5.74, 6) is -1.18. The Kier molecular flexibility index (Phi) is 2.93. The molecule has 0 amide bonds. The van der Waals surface area contributed by atoms with Crippen molar-refractivity contribution in [3.8, 4) is 0 Å². The SMILES string of the molecule is COC(=O)c1cn(O)c2c(C(=O)OC)cccc12. The van der Waals surface area contributed by atoms with Crippen LogP contribution in [0.5, 0.6) is 0 Å². The minimum atomic E-state index is -0.592. The third-order valence-corrected chi connectivity index (χ3v) is 2.62. The van der Waals surface area contributed by atoms with Crippen LogP contribution in [0, 0.1) is 0 Å². The number of para-hydroxylation sites is 1. The predicted molar refractivity (Wildman–Crippen MR) is 61.8 cm³/mol. The Morgan fingerprint density at radius 1 is 1.11 bits per heavy atom. The van der Waals surface area contributed by atoms with E-state index in [1.54, 1.807) is 12.1 Å². The van der Waals surface area contributed by atoms with E-state index in [1.165, 1.54) is 26.5 Å². The molecule has 2 aromatic rings. The van der Waals surface area contributed by atoms with Gasteiger partial charge in [-0.2, -0.15) is 4.73 Å². The van der Waals surface area contributed by atoms with Crippen molar-refractivity contribution in [3.05, 3.63) is 35.5 Å². The Morgan fingerprint density at radius 2 is 1.72 bits per heavy atom. The highest BCUT2D eigenvalue weighted by molar-refractivity contribution is 6.10. The molecule has 0 aliphatic rings. The molecule has 1 aromatic heterocycles. The highest BCUT2D eigenvalue weighted by Crippen LogP contribution is 2.25. The molecule has 6 heteroatoms. The maximum atomic E-state index is 11.6. The number of benzene rings is 1. The number of carbonyl (C=O) groups excluding carboxylic acids is 2. The summed E-state index contributed by atoms with van der Waals surface area (Å²) in [6.45, 7) is 0. The van der Waals surface area contributed by atoms with E-state index < -0.39 is 11.9 Å². The van der Waals surface area contributed by atoms with E-state index in [2.05, 4.69) is 9.47 Å². The van der Waals surface area contributed by atoms with Crippen LogP contribution in [0.25, 0.3) is 10.9 Å². The van der Waals surface area contributed by atoms with E-state index in [0.717, 1.165) is 0 Å². The minimum Gasteiger partial charge on any atom is -0.465 e. The van der Waals surface area contributed by atoms with E-state index in [1.807, 2.05) is 0 Å². The topological polar surface area (TPSA) is 77.8 Å². The van der Waals surface area contributed by atoms with Crippen LogP contribution in [-0.2, 0) is 9.47 Å². The van der Waals surface area contributed by atoms with Crippen LogP contribution in [0.4, 0.5) is 0 Å². The molecular formula is C12H11NO5. The van der Waals surface area contributed by atoms with Gasteiger partial charge in [0.1, 0.15) is 5.52 Å². The number of rotatable bonds is 2. The van der Waals surface area contributed by atoms with Gasteiger partial charge in [-0.15, -0.1) is 0 Å². The van der Waals surface area contributed by atoms with Crippen LogP contribution in [0.3, 0.4) is 0 Å². The van der Waals surface area contributed by atoms with Crippen molar-refractivity contribution in [2.45, 2.75) is 0 Å². The molecular weight excluding hydrogens is 238 g/mol. The first-order chi connectivity index (χ1) is 8.60. The minimum absolute atomic E-state index is 0.174. The smallest absolute Gasteiger partial charge is 0.340 e.